The minimum Gasteiger partial charge on any atom is -0.356 e. The van der Waals surface area contributed by atoms with Crippen LogP contribution in [0.1, 0.15) is 36.8 Å². The van der Waals surface area contributed by atoms with Gasteiger partial charge >= 0.3 is 0 Å². The second-order valence-electron chi connectivity index (χ2n) is 5.86. The van der Waals surface area contributed by atoms with Gasteiger partial charge in [0.1, 0.15) is 0 Å². The summed E-state index contributed by atoms with van der Waals surface area (Å²) < 4.78 is 0. The van der Waals surface area contributed by atoms with E-state index in [-0.39, 0.29) is 17.2 Å². The number of aryl methyl sites for hydroxylation is 1. The molecule has 1 saturated carbocycles. The normalized spacial score (nSPS) is 27.3. The van der Waals surface area contributed by atoms with Gasteiger partial charge < -0.3 is 11.1 Å². The highest BCUT2D eigenvalue weighted by atomic mass is 16.2. The Kier molecular flexibility index (Phi) is 3.31. The molecule has 3 N–H and O–H groups in total. The van der Waals surface area contributed by atoms with E-state index >= 15 is 0 Å². The Morgan fingerprint density at radius 1 is 1.37 bits per heavy atom. The quantitative estimate of drug-likeness (QED) is 0.791. The maximum absolute atomic E-state index is 12.2. The molecule has 0 saturated heterocycles. The van der Waals surface area contributed by atoms with Gasteiger partial charge in [0, 0.05) is 17.9 Å². The van der Waals surface area contributed by atoms with Crippen molar-refractivity contribution < 1.29 is 4.79 Å². The highest BCUT2D eigenvalue weighted by molar-refractivity contribution is 5.84. The Hall–Kier alpha value is -1.35. The number of hydrogen-bond donors (Lipinski definition) is 2. The average molecular weight is 258 g/mol. The maximum Gasteiger partial charge on any atom is 0.224 e. The van der Waals surface area contributed by atoms with Crippen LogP contribution in [0.25, 0.3) is 0 Å². The lowest BCUT2D eigenvalue weighted by atomic mass is 9.95. The molecule has 3 nitrogen and oxygen atoms in total. The molecular formula is C16H22N2O. The number of nitrogens with one attached hydrogen (secondary N) is 1. The smallest absolute Gasteiger partial charge is 0.224 e. The number of amides is 1. The lowest BCUT2D eigenvalue weighted by molar-refractivity contribution is -0.122. The molecule has 0 radical (unpaired) electrons. The van der Waals surface area contributed by atoms with Gasteiger partial charge in [0.2, 0.25) is 5.91 Å². The van der Waals surface area contributed by atoms with Crippen molar-refractivity contribution in [3.05, 3.63) is 35.4 Å². The Labute approximate surface area is 114 Å². The summed E-state index contributed by atoms with van der Waals surface area (Å²) in [7, 11) is 0. The second kappa shape index (κ2) is 4.97. The van der Waals surface area contributed by atoms with Gasteiger partial charge in [0.05, 0.1) is 0 Å². The number of hydrogen-bond acceptors (Lipinski definition) is 2. The molecule has 1 spiro atoms. The van der Waals surface area contributed by atoms with Gasteiger partial charge in [-0.3, -0.25) is 4.79 Å². The van der Waals surface area contributed by atoms with Crippen molar-refractivity contribution in [2.45, 2.75) is 37.5 Å². The number of rotatable bonds is 5. The third kappa shape index (κ3) is 2.16. The van der Waals surface area contributed by atoms with Gasteiger partial charge in [-0.1, -0.05) is 24.3 Å². The van der Waals surface area contributed by atoms with Crippen LogP contribution in [0.5, 0.6) is 0 Å². The fourth-order valence-electron chi connectivity index (χ4n) is 3.54. The first-order chi connectivity index (χ1) is 9.28. The van der Waals surface area contributed by atoms with Gasteiger partial charge in [0.15, 0.2) is 0 Å². The van der Waals surface area contributed by atoms with Crippen molar-refractivity contribution in [3.63, 3.8) is 0 Å². The molecule has 2 aliphatic rings. The van der Waals surface area contributed by atoms with Crippen LogP contribution < -0.4 is 11.1 Å². The van der Waals surface area contributed by atoms with Gasteiger partial charge in [-0.05, 0) is 49.8 Å². The molecule has 2 atom stereocenters. The van der Waals surface area contributed by atoms with Gasteiger partial charge in [-0.2, -0.15) is 0 Å². The summed E-state index contributed by atoms with van der Waals surface area (Å²) in [4.78, 5) is 12.2. The molecule has 3 rings (SSSR count). The first kappa shape index (κ1) is 12.7. The summed E-state index contributed by atoms with van der Waals surface area (Å²) in [6.45, 7) is 1.47. The van der Waals surface area contributed by atoms with E-state index in [4.69, 9.17) is 5.73 Å². The molecule has 1 amide bonds. The molecule has 0 aromatic heterocycles. The standard InChI is InChI=1S/C16H22N2O/c17-9-3-4-10-18-15(19)14-11-16(14)8-7-12-5-1-2-6-13(12)16/h1-2,5-6,14H,3-4,7-11,17H2,(H,18,19). The van der Waals surface area contributed by atoms with E-state index in [2.05, 4.69) is 29.6 Å². The summed E-state index contributed by atoms with van der Waals surface area (Å²) in [5.41, 5.74) is 8.50. The van der Waals surface area contributed by atoms with Crippen molar-refractivity contribution >= 4 is 5.91 Å². The van der Waals surface area contributed by atoms with Crippen LogP contribution in [0.15, 0.2) is 24.3 Å². The van der Waals surface area contributed by atoms with Crippen LogP contribution in [0.3, 0.4) is 0 Å². The fourth-order valence-corrected chi connectivity index (χ4v) is 3.54. The Balaban J connectivity index is 1.60. The average Bonchev–Trinajstić information content (AvgIpc) is 3.06. The Bertz CT molecular complexity index is 485. The predicted molar refractivity (Wildman–Crippen MR) is 75.8 cm³/mol. The van der Waals surface area contributed by atoms with Gasteiger partial charge in [-0.15, -0.1) is 0 Å². The number of nitrogens with two attached hydrogens (primary N) is 1. The van der Waals surface area contributed by atoms with E-state index in [9.17, 15) is 4.79 Å². The second-order valence-corrected chi connectivity index (χ2v) is 5.86. The van der Waals surface area contributed by atoms with E-state index in [1.54, 1.807) is 0 Å². The number of fused-ring (bicyclic) bond motifs is 2. The molecule has 2 unspecified atom stereocenters. The lowest BCUT2D eigenvalue weighted by Crippen LogP contribution is -2.29. The zero-order chi connectivity index (χ0) is 13.3. The number of benzene rings is 1. The van der Waals surface area contributed by atoms with Crippen molar-refractivity contribution in [1.29, 1.82) is 0 Å². The minimum absolute atomic E-state index is 0.175. The number of carbonyl (C=O) groups excluding carboxylic acids is 1. The number of unbranched alkanes of at least 4 members (excludes halogenated alkanes) is 1. The van der Waals surface area contributed by atoms with Crippen molar-refractivity contribution in [2.75, 3.05) is 13.1 Å². The fraction of sp³-hybridized carbons (Fsp3) is 0.562. The van der Waals surface area contributed by atoms with Crippen LogP contribution >= 0.6 is 0 Å². The number of carbonyl (C=O) groups is 1. The largest absolute Gasteiger partial charge is 0.356 e. The van der Waals surface area contributed by atoms with E-state index in [1.165, 1.54) is 11.1 Å². The first-order valence-electron chi connectivity index (χ1n) is 7.34. The molecule has 19 heavy (non-hydrogen) atoms. The third-order valence-corrected chi connectivity index (χ3v) is 4.72. The zero-order valence-corrected chi connectivity index (χ0v) is 11.3. The molecule has 0 bridgehead atoms. The first-order valence-corrected chi connectivity index (χ1v) is 7.34. The lowest BCUT2D eigenvalue weighted by Gasteiger charge is -2.11. The third-order valence-electron chi connectivity index (χ3n) is 4.72. The van der Waals surface area contributed by atoms with Crippen LogP contribution in [0, 0.1) is 5.92 Å². The van der Waals surface area contributed by atoms with Crippen LogP contribution in [0.2, 0.25) is 0 Å². The van der Waals surface area contributed by atoms with Crippen molar-refractivity contribution in [1.82, 2.24) is 5.32 Å². The molecule has 0 heterocycles. The van der Waals surface area contributed by atoms with Gasteiger partial charge in [0.25, 0.3) is 0 Å². The van der Waals surface area contributed by atoms with Crippen molar-refractivity contribution in [2.24, 2.45) is 11.7 Å². The van der Waals surface area contributed by atoms with E-state index < -0.39 is 0 Å². The van der Waals surface area contributed by atoms with Crippen molar-refractivity contribution in [3.8, 4) is 0 Å². The molecule has 1 fully saturated rings. The Morgan fingerprint density at radius 3 is 3.05 bits per heavy atom. The summed E-state index contributed by atoms with van der Waals surface area (Å²) >= 11 is 0. The van der Waals surface area contributed by atoms with E-state index in [0.29, 0.717) is 6.54 Å². The van der Waals surface area contributed by atoms with Crippen LogP contribution in [0.4, 0.5) is 0 Å². The molecule has 1 aromatic rings. The molecule has 102 valence electrons. The van der Waals surface area contributed by atoms with Gasteiger partial charge in [-0.25, -0.2) is 0 Å². The zero-order valence-electron chi connectivity index (χ0n) is 11.3. The predicted octanol–water partition coefficient (Wildman–Crippen LogP) is 1.75. The summed E-state index contributed by atoms with van der Waals surface area (Å²) in [5.74, 6) is 0.447. The Morgan fingerprint density at radius 2 is 2.21 bits per heavy atom. The monoisotopic (exact) mass is 258 g/mol. The summed E-state index contributed by atoms with van der Waals surface area (Å²) in [6.07, 6.45) is 5.28. The topological polar surface area (TPSA) is 55.1 Å². The maximum atomic E-state index is 12.2. The van der Waals surface area contributed by atoms with E-state index in [1.807, 2.05) is 0 Å². The van der Waals surface area contributed by atoms with Crippen LogP contribution in [-0.2, 0) is 16.6 Å². The van der Waals surface area contributed by atoms with Crippen LogP contribution in [-0.4, -0.2) is 19.0 Å². The highest BCUT2D eigenvalue weighted by Crippen LogP contribution is 2.61. The minimum atomic E-state index is 0.175. The molecule has 2 aliphatic carbocycles. The van der Waals surface area contributed by atoms with E-state index in [0.717, 1.165) is 38.6 Å². The summed E-state index contributed by atoms with van der Waals surface area (Å²) in [6, 6.07) is 8.62. The summed E-state index contributed by atoms with van der Waals surface area (Å²) in [5, 5.41) is 3.07. The molecule has 1 aromatic carbocycles. The molecule has 0 aliphatic heterocycles. The SMILES string of the molecule is NCCCCNC(=O)C1CC12CCc1ccccc12. The molecular weight excluding hydrogens is 236 g/mol. The highest BCUT2D eigenvalue weighted by Gasteiger charge is 2.61. The molecule has 3 heteroatoms.